The lowest BCUT2D eigenvalue weighted by Crippen LogP contribution is -2.33. The quantitative estimate of drug-likeness (QED) is 0.561. The summed E-state index contributed by atoms with van der Waals surface area (Å²) in [6.45, 7) is 2.24. The van der Waals surface area contributed by atoms with Crippen LogP contribution in [0.15, 0.2) is 48.2 Å². The van der Waals surface area contributed by atoms with Crippen LogP contribution in [0.25, 0.3) is 10.2 Å². The molecule has 1 atom stereocenters. The highest BCUT2D eigenvalue weighted by atomic mass is 35.5. The monoisotopic (exact) mass is 420 g/mol. The van der Waals surface area contributed by atoms with E-state index in [0.717, 1.165) is 10.2 Å². The Morgan fingerprint density at radius 3 is 2.85 bits per heavy atom. The number of Topliss-reactive ketones (excluding diaryl/α,β-unsaturated/α-hetero) is 1. The molecule has 4 rings (SSSR count). The molecule has 0 unspecified atom stereocenters. The molecule has 0 bridgehead atoms. The number of nitrogens with zero attached hydrogens (tertiary/aromatic N) is 1. The lowest BCUT2D eigenvalue weighted by molar-refractivity contribution is -0.0509. The summed E-state index contributed by atoms with van der Waals surface area (Å²) in [6, 6.07) is 10.4. The topological polar surface area (TPSA) is 60.5 Å². The van der Waals surface area contributed by atoms with Crippen molar-refractivity contribution in [1.29, 1.82) is 0 Å². The van der Waals surface area contributed by atoms with E-state index in [1.165, 1.54) is 11.3 Å². The van der Waals surface area contributed by atoms with Crippen LogP contribution in [0.4, 0.5) is 5.13 Å². The van der Waals surface area contributed by atoms with Gasteiger partial charge in [-0.05, 0) is 43.3 Å². The van der Waals surface area contributed by atoms with E-state index in [1.54, 1.807) is 30.5 Å². The molecule has 0 saturated carbocycles. The van der Waals surface area contributed by atoms with Crippen LogP contribution in [-0.2, 0) is 4.74 Å². The lowest BCUT2D eigenvalue weighted by Gasteiger charge is -2.27. The number of ketones is 1. The Balaban J connectivity index is 1.67. The SMILES string of the molecule is CCO[C@H]1Oc2ccc(Cl)cc2C(=O)/C1=C\Nc1nc2ccc(Cl)cc2s1. The van der Waals surface area contributed by atoms with Gasteiger partial charge in [-0.25, -0.2) is 4.98 Å². The van der Waals surface area contributed by atoms with Gasteiger partial charge in [0.15, 0.2) is 5.13 Å². The van der Waals surface area contributed by atoms with E-state index in [9.17, 15) is 4.79 Å². The van der Waals surface area contributed by atoms with E-state index >= 15 is 0 Å². The summed E-state index contributed by atoms with van der Waals surface area (Å²) in [7, 11) is 0. The second kappa shape index (κ2) is 7.48. The van der Waals surface area contributed by atoms with Crippen molar-refractivity contribution in [2.24, 2.45) is 0 Å². The van der Waals surface area contributed by atoms with Crippen molar-refractivity contribution in [3.8, 4) is 5.75 Å². The van der Waals surface area contributed by atoms with Crippen molar-refractivity contribution >= 4 is 55.7 Å². The minimum absolute atomic E-state index is 0.200. The Kier molecular flexibility index (Phi) is 5.06. The maximum absolute atomic E-state index is 12.9. The summed E-state index contributed by atoms with van der Waals surface area (Å²) in [5, 5.41) is 4.83. The molecule has 0 amide bonds. The van der Waals surface area contributed by atoms with Crippen molar-refractivity contribution in [3.63, 3.8) is 0 Å². The first kappa shape index (κ1) is 18.3. The number of benzene rings is 2. The maximum Gasteiger partial charge on any atom is 0.232 e. The molecule has 3 aromatic rings. The first-order valence-electron chi connectivity index (χ1n) is 8.20. The summed E-state index contributed by atoms with van der Waals surface area (Å²) in [4.78, 5) is 17.4. The molecule has 1 aliphatic heterocycles. The second-order valence-corrected chi connectivity index (χ2v) is 7.65. The molecule has 1 N–H and O–H groups in total. The van der Waals surface area contributed by atoms with Crippen LogP contribution in [-0.4, -0.2) is 23.7 Å². The molecule has 0 spiro atoms. The maximum atomic E-state index is 12.9. The molecule has 2 aromatic carbocycles. The third-order valence-electron chi connectivity index (χ3n) is 3.96. The fourth-order valence-electron chi connectivity index (χ4n) is 2.73. The highest BCUT2D eigenvalue weighted by molar-refractivity contribution is 7.22. The number of hydrogen-bond acceptors (Lipinski definition) is 6. The van der Waals surface area contributed by atoms with Crippen LogP contribution in [0.5, 0.6) is 5.75 Å². The Hall–Kier alpha value is -2.12. The van der Waals surface area contributed by atoms with E-state index in [2.05, 4.69) is 10.3 Å². The Labute approximate surface area is 169 Å². The normalized spacial score (nSPS) is 17.8. The van der Waals surface area contributed by atoms with Gasteiger partial charge in [0.2, 0.25) is 12.1 Å². The van der Waals surface area contributed by atoms with Gasteiger partial charge in [0.25, 0.3) is 0 Å². The summed E-state index contributed by atoms with van der Waals surface area (Å²) in [5.74, 6) is 0.253. The molecular weight excluding hydrogens is 407 g/mol. The number of rotatable bonds is 4. The number of hydrogen-bond donors (Lipinski definition) is 1. The van der Waals surface area contributed by atoms with Crippen molar-refractivity contribution in [1.82, 2.24) is 4.98 Å². The predicted octanol–water partition coefficient (Wildman–Crippen LogP) is 5.54. The van der Waals surface area contributed by atoms with E-state index in [4.69, 9.17) is 32.7 Å². The van der Waals surface area contributed by atoms with Gasteiger partial charge in [0.1, 0.15) is 5.75 Å². The van der Waals surface area contributed by atoms with Crippen LogP contribution < -0.4 is 10.1 Å². The van der Waals surface area contributed by atoms with Crippen LogP contribution in [0.2, 0.25) is 10.0 Å². The van der Waals surface area contributed by atoms with E-state index < -0.39 is 6.29 Å². The predicted molar refractivity (Wildman–Crippen MR) is 108 cm³/mol. The second-order valence-electron chi connectivity index (χ2n) is 5.75. The Morgan fingerprint density at radius 1 is 1.26 bits per heavy atom. The highest BCUT2D eigenvalue weighted by Crippen LogP contribution is 2.34. The number of anilines is 1. The average Bonchev–Trinajstić information content (AvgIpc) is 3.04. The molecule has 0 radical (unpaired) electrons. The summed E-state index contributed by atoms with van der Waals surface area (Å²) >= 11 is 13.5. The number of nitrogens with one attached hydrogen (secondary N) is 1. The standard InChI is InChI=1S/C19H14Cl2N2O3S/c1-2-25-18-13(17(24)12-7-10(20)4-6-15(12)26-18)9-22-19-23-14-5-3-11(21)8-16(14)27-19/h3-9,18H,2H2,1H3,(H,22,23)/b13-9+/t18-/m0/s1. The van der Waals surface area contributed by atoms with Crippen LogP contribution >= 0.6 is 34.5 Å². The highest BCUT2D eigenvalue weighted by Gasteiger charge is 2.32. The summed E-state index contributed by atoms with van der Waals surface area (Å²) in [6.07, 6.45) is 0.777. The number of halogens is 2. The van der Waals surface area contributed by atoms with Crippen LogP contribution in [0.3, 0.4) is 0 Å². The van der Waals surface area contributed by atoms with Crippen LogP contribution in [0.1, 0.15) is 17.3 Å². The third-order valence-corrected chi connectivity index (χ3v) is 5.38. The minimum atomic E-state index is -0.799. The molecular formula is C19H14Cl2N2O3S. The molecule has 0 fully saturated rings. The molecule has 5 nitrogen and oxygen atoms in total. The Bertz CT molecular complexity index is 1060. The number of fused-ring (bicyclic) bond motifs is 2. The van der Waals surface area contributed by atoms with Gasteiger partial charge in [-0.15, -0.1) is 0 Å². The zero-order valence-electron chi connectivity index (χ0n) is 14.2. The van der Waals surface area contributed by atoms with Gasteiger partial charge in [0, 0.05) is 22.9 Å². The van der Waals surface area contributed by atoms with Crippen molar-refractivity contribution < 1.29 is 14.3 Å². The largest absolute Gasteiger partial charge is 0.460 e. The van der Waals surface area contributed by atoms with Gasteiger partial charge in [-0.1, -0.05) is 34.5 Å². The van der Waals surface area contributed by atoms with Crippen LogP contribution in [0, 0.1) is 0 Å². The molecule has 138 valence electrons. The molecule has 2 heterocycles. The number of carbonyl (C=O) groups is 1. The lowest BCUT2D eigenvalue weighted by atomic mass is 10.00. The molecule has 8 heteroatoms. The van der Waals surface area contributed by atoms with Gasteiger partial charge in [0.05, 0.1) is 21.4 Å². The third kappa shape index (κ3) is 3.66. The number of ether oxygens (including phenoxy) is 2. The first-order valence-corrected chi connectivity index (χ1v) is 9.77. The number of aromatic nitrogens is 1. The van der Waals surface area contributed by atoms with Gasteiger partial charge >= 0.3 is 0 Å². The number of carbonyl (C=O) groups excluding carboxylic acids is 1. The van der Waals surface area contributed by atoms with Gasteiger partial charge < -0.3 is 14.8 Å². The molecule has 1 aliphatic rings. The number of thiazole rings is 1. The van der Waals surface area contributed by atoms with E-state index in [1.807, 2.05) is 19.1 Å². The van der Waals surface area contributed by atoms with Crippen molar-refractivity contribution in [3.05, 3.63) is 63.8 Å². The fourth-order valence-corrected chi connectivity index (χ4v) is 4.02. The molecule has 1 aromatic heterocycles. The zero-order chi connectivity index (χ0) is 19.0. The minimum Gasteiger partial charge on any atom is -0.460 e. The zero-order valence-corrected chi connectivity index (χ0v) is 16.5. The first-order chi connectivity index (χ1) is 13.0. The molecule has 27 heavy (non-hydrogen) atoms. The van der Waals surface area contributed by atoms with E-state index in [-0.39, 0.29) is 5.78 Å². The summed E-state index contributed by atoms with van der Waals surface area (Å²) in [5.41, 5.74) is 1.58. The summed E-state index contributed by atoms with van der Waals surface area (Å²) < 4.78 is 12.4. The fraction of sp³-hybridized carbons (Fsp3) is 0.158. The van der Waals surface area contributed by atoms with Crippen molar-refractivity contribution in [2.45, 2.75) is 13.2 Å². The van der Waals surface area contributed by atoms with Crippen molar-refractivity contribution in [2.75, 3.05) is 11.9 Å². The molecule has 0 saturated heterocycles. The smallest absolute Gasteiger partial charge is 0.232 e. The molecule has 0 aliphatic carbocycles. The Morgan fingerprint density at radius 2 is 2.04 bits per heavy atom. The van der Waals surface area contributed by atoms with Gasteiger partial charge in [-0.3, -0.25) is 4.79 Å². The average molecular weight is 421 g/mol. The van der Waals surface area contributed by atoms with Gasteiger partial charge in [-0.2, -0.15) is 0 Å². The van der Waals surface area contributed by atoms with E-state index in [0.29, 0.717) is 38.7 Å².